The van der Waals surface area contributed by atoms with Gasteiger partial charge in [-0.3, -0.25) is 9.78 Å². The maximum absolute atomic E-state index is 12.1. The van der Waals surface area contributed by atoms with Gasteiger partial charge in [-0.15, -0.1) is 5.54 Å². The zero-order valence-electron chi connectivity index (χ0n) is 17.4. The molecular formula is C22H26N4OSi. The predicted octanol–water partition coefficient (Wildman–Crippen LogP) is 4.68. The third-order valence-electron chi connectivity index (χ3n) is 4.43. The van der Waals surface area contributed by atoms with Crippen LogP contribution in [0.3, 0.4) is 0 Å². The van der Waals surface area contributed by atoms with Crippen molar-refractivity contribution in [3.63, 3.8) is 0 Å². The fraction of sp³-hybridized carbons (Fsp3) is 0.364. The first-order valence-electron chi connectivity index (χ1n) is 9.58. The molecule has 0 amide bonds. The Balaban J connectivity index is 2.32. The molecule has 0 atom stereocenters. The lowest BCUT2D eigenvalue weighted by molar-refractivity contribution is 0.112. The molecule has 3 heterocycles. The van der Waals surface area contributed by atoms with Crippen molar-refractivity contribution in [2.45, 2.75) is 52.9 Å². The van der Waals surface area contributed by atoms with Crippen molar-refractivity contribution >= 4 is 25.4 Å². The number of carbonyl (C=O) groups is 1. The minimum atomic E-state index is -1.49. The molecule has 0 aromatic carbocycles. The lowest BCUT2D eigenvalue weighted by Gasteiger charge is -2.14. The highest BCUT2D eigenvalue weighted by molar-refractivity contribution is 6.83. The van der Waals surface area contributed by atoms with E-state index in [0.29, 0.717) is 12.1 Å². The largest absolute Gasteiger partial charge is 0.298 e. The van der Waals surface area contributed by atoms with Gasteiger partial charge in [0.15, 0.2) is 11.9 Å². The fourth-order valence-corrected chi connectivity index (χ4v) is 3.65. The van der Waals surface area contributed by atoms with E-state index in [0.717, 1.165) is 39.7 Å². The first-order chi connectivity index (χ1) is 13.2. The summed E-state index contributed by atoms with van der Waals surface area (Å²) < 4.78 is 1.86. The Labute approximate surface area is 167 Å². The second-order valence-electron chi connectivity index (χ2n) is 8.22. The van der Waals surface area contributed by atoms with Crippen molar-refractivity contribution in [1.82, 2.24) is 19.7 Å². The Hall–Kier alpha value is -2.78. The number of fused-ring (bicyclic) bond motifs is 1. The van der Waals surface area contributed by atoms with Gasteiger partial charge in [-0.25, -0.2) is 9.67 Å². The van der Waals surface area contributed by atoms with Crippen molar-refractivity contribution in [2.24, 2.45) is 0 Å². The molecular weight excluding hydrogens is 364 g/mol. The third kappa shape index (κ3) is 3.90. The van der Waals surface area contributed by atoms with Crippen molar-refractivity contribution in [3.8, 4) is 22.6 Å². The van der Waals surface area contributed by atoms with Crippen LogP contribution in [0.4, 0.5) is 0 Å². The zero-order chi connectivity index (χ0) is 20.5. The molecule has 3 aromatic heterocycles. The number of hydrogen-bond acceptors (Lipinski definition) is 4. The van der Waals surface area contributed by atoms with E-state index >= 15 is 0 Å². The number of rotatable bonds is 4. The summed E-state index contributed by atoms with van der Waals surface area (Å²) in [6.45, 7) is 13.5. The highest BCUT2D eigenvalue weighted by Crippen LogP contribution is 2.34. The number of hydrogen-bond donors (Lipinski definition) is 0. The van der Waals surface area contributed by atoms with E-state index < -0.39 is 8.07 Å². The van der Waals surface area contributed by atoms with Gasteiger partial charge in [-0.2, -0.15) is 5.10 Å². The van der Waals surface area contributed by atoms with Gasteiger partial charge in [0.1, 0.15) is 8.07 Å². The maximum atomic E-state index is 12.1. The van der Waals surface area contributed by atoms with Gasteiger partial charge in [0.2, 0.25) is 0 Å². The van der Waals surface area contributed by atoms with E-state index in [4.69, 9.17) is 4.98 Å². The first-order valence-corrected chi connectivity index (χ1v) is 13.1. The van der Waals surface area contributed by atoms with Crippen LogP contribution >= 0.6 is 0 Å². The SMILES string of the molecule is CCn1ncc2c(-c3cncc(C#C[Si](C)(C)C)c3)c(C=O)c(C(C)C)nc21. The summed E-state index contributed by atoms with van der Waals surface area (Å²) in [6, 6.07) is 2.01. The quantitative estimate of drug-likeness (QED) is 0.369. The standard InChI is InChI=1S/C22H26N4OSi/c1-7-26-22-18(13-24-26)20(19(14-27)21(25-22)15(2)3)17-10-16(11-23-12-17)8-9-28(4,5)6/h10-15H,7H2,1-6H3. The molecule has 3 rings (SSSR count). The monoisotopic (exact) mass is 390 g/mol. The number of aldehydes is 1. The summed E-state index contributed by atoms with van der Waals surface area (Å²) in [4.78, 5) is 21.3. The van der Waals surface area contributed by atoms with Gasteiger partial charge in [-0.05, 0) is 18.9 Å². The smallest absolute Gasteiger partial charge is 0.158 e. The summed E-state index contributed by atoms with van der Waals surface area (Å²) in [6.07, 6.45) is 6.25. The third-order valence-corrected chi connectivity index (χ3v) is 5.30. The highest BCUT2D eigenvalue weighted by atomic mass is 28.3. The Bertz CT molecular complexity index is 1100. The summed E-state index contributed by atoms with van der Waals surface area (Å²) in [5, 5.41) is 5.33. The van der Waals surface area contributed by atoms with Crippen molar-refractivity contribution < 1.29 is 4.79 Å². The Morgan fingerprint density at radius 1 is 1.21 bits per heavy atom. The molecule has 6 heteroatoms. The molecule has 0 bridgehead atoms. The highest BCUT2D eigenvalue weighted by Gasteiger charge is 2.21. The molecule has 3 aromatic rings. The molecule has 5 nitrogen and oxygen atoms in total. The molecule has 0 fully saturated rings. The van der Waals surface area contributed by atoms with Crippen LogP contribution in [0.25, 0.3) is 22.2 Å². The van der Waals surface area contributed by atoms with Crippen LogP contribution in [-0.4, -0.2) is 34.1 Å². The Kier molecular flexibility index (Phi) is 5.48. The van der Waals surface area contributed by atoms with Crippen molar-refractivity contribution in [1.29, 1.82) is 0 Å². The summed E-state index contributed by atoms with van der Waals surface area (Å²) in [7, 11) is -1.49. The number of carbonyl (C=O) groups excluding carboxylic acids is 1. The molecule has 0 unspecified atom stereocenters. The topological polar surface area (TPSA) is 60.7 Å². The van der Waals surface area contributed by atoms with Crippen LogP contribution in [0.1, 0.15) is 48.3 Å². The molecule has 0 saturated carbocycles. The number of aryl methyl sites for hydroxylation is 1. The second kappa shape index (κ2) is 7.68. The average Bonchev–Trinajstić information content (AvgIpc) is 3.07. The van der Waals surface area contributed by atoms with E-state index in [1.807, 2.05) is 31.5 Å². The minimum Gasteiger partial charge on any atom is -0.298 e. The van der Waals surface area contributed by atoms with E-state index in [9.17, 15) is 4.79 Å². The van der Waals surface area contributed by atoms with Crippen LogP contribution in [0.15, 0.2) is 24.7 Å². The maximum Gasteiger partial charge on any atom is 0.158 e. The normalized spacial score (nSPS) is 11.5. The number of pyridine rings is 2. The van der Waals surface area contributed by atoms with Crippen LogP contribution in [0, 0.1) is 11.5 Å². The van der Waals surface area contributed by atoms with Gasteiger partial charge in [0.05, 0.1) is 11.9 Å². The van der Waals surface area contributed by atoms with Gasteiger partial charge in [0, 0.05) is 46.6 Å². The lowest BCUT2D eigenvalue weighted by Crippen LogP contribution is -2.16. The predicted molar refractivity (Wildman–Crippen MR) is 116 cm³/mol. The number of aromatic nitrogens is 4. The first kappa shape index (κ1) is 20.0. The van der Waals surface area contributed by atoms with Crippen LogP contribution < -0.4 is 0 Å². The molecule has 0 aliphatic carbocycles. The Morgan fingerprint density at radius 3 is 2.57 bits per heavy atom. The van der Waals surface area contributed by atoms with Crippen LogP contribution in [0.5, 0.6) is 0 Å². The molecule has 0 aliphatic rings. The summed E-state index contributed by atoms with van der Waals surface area (Å²) in [5.41, 5.74) is 8.13. The number of nitrogens with zero attached hydrogens (tertiary/aromatic N) is 4. The molecule has 0 aliphatic heterocycles. The molecule has 0 radical (unpaired) electrons. The molecule has 0 saturated heterocycles. The van der Waals surface area contributed by atoms with E-state index in [1.165, 1.54) is 0 Å². The van der Waals surface area contributed by atoms with Crippen LogP contribution in [0.2, 0.25) is 19.6 Å². The lowest BCUT2D eigenvalue weighted by atomic mass is 9.93. The van der Waals surface area contributed by atoms with Gasteiger partial charge >= 0.3 is 0 Å². The summed E-state index contributed by atoms with van der Waals surface area (Å²) >= 11 is 0. The fourth-order valence-electron chi connectivity index (χ4n) is 3.13. The van der Waals surface area contributed by atoms with Gasteiger partial charge < -0.3 is 0 Å². The van der Waals surface area contributed by atoms with Gasteiger partial charge in [-0.1, -0.05) is 39.4 Å². The molecule has 0 spiro atoms. The molecule has 144 valence electrons. The van der Waals surface area contributed by atoms with Crippen LogP contribution in [-0.2, 0) is 6.54 Å². The average molecular weight is 391 g/mol. The molecule has 28 heavy (non-hydrogen) atoms. The van der Waals surface area contributed by atoms with Crippen molar-refractivity contribution in [3.05, 3.63) is 41.5 Å². The van der Waals surface area contributed by atoms with E-state index in [2.05, 4.69) is 41.2 Å². The minimum absolute atomic E-state index is 0.117. The Morgan fingerprint density at radius 2 is 1.96 bits per heavy atom. The van der Waals surface area contributed by atoms with Crippen molar-refractivity contribution in [2.75, 3.05) is 0 Å². The second-order valence-corrected chi connectivity index (χ2v) is 13.0. The molecule has 0 N–H and O–H groups in total. The van der Waals surface area contributed by atoms with Gasteiger partial charge in [0.25, 0.3) is 0 Å². The zero-order valence-corrected chi connectivity index (χ0v) is 18.4. The van der Waals surface area contributed by atoms with E-state index in [-0.39, 0.29) is 5.92 Å². The van der Waals surface area contributed by atoms with E-state index in [1.54, 1.807) is 18.6 Å². The summed E-state index contributed by atoms with van der Waals surface area (Å²) in [5.74, 6) is 3.38.